The molecule has 2 aromatic carbocycles. The third-order valence-electron chi connectivity index (χ3n) is 3.37. The molecule has 0 aromatic heterocycles. The van der Waals surface area contributed by atoms with Gasteiger partial charge < -0.3 is 20.1 Å². The first-order chi connectivity index (χ1) is 11.7. The van der Waals surface area contributed by atoms with Gasteiger partial charge >= 0.3 is 6.03 Å². The van der Waals surface area contributed by atoms with Crippen LogP contribution in [0, 0.1) is 0 Å². The standard InChI is InChI=1S/C18H21ClN2O3/c1-23-17(14-5-3-2-4-6-14)13-21-18(22)20-11-12-24-16-9-7-15(19)8-10-16/h2-10,17H,11-13H2,1H3,(H2,20,21,22). The van der Waals surface area contributed by atoms with Crippen LogP contribution in [0.1, 0.15) is 11.7 Å². The number of hydrogen-bond acceptors (Lipinski definition) is 3. The molecule has 0 bridgehead atoms. The van der Waals surface area contributed by atoms with E-state index in [1.807, 2.05) is 30.3 Å². The van der Waals surface area contributed by atoms with Gasteiger partial charge in [0, 0.05) is 18.7 Å². The first kappa shape index (κ1) is 18.1. The molecule has 2 amide bonds. The molecule has 5 nitrogen and oxygen atoms in total. The number of benzene rings is 2. The molecule has 0 aliphatic rings. The van der Waals surface area contributed by atoms with Crippen molar-refractivity contribution in [2.24, 2.45) is 0 Å². The van der Waals surface area contributed by atoms with Crippen molar-refractivity contribution in [2.45, 2.75) is 6.10 Å². The van der Waals surface area contributed by atoms with Gasteiger partial charge in [0.15, 0.2) is 0 Å². The molecule has 0 spiro atoms. The van der Waals surface area contributed by atoms with Crippen molar-refractivity contribution in [1.82, 2.24) is 10.6 Å². The smallest absolute Gasteiger partial charge is 0.315 e. The molecule has 2 aromatic rings. The fourth-order valence-electron chi connectivity index (χ4n) is 2.12. The van der Waals surface area contributed by atoms with Crippen molar-refractivity contribution in [3.05, 3.63) is 65.2 Å². The van der Waals surface area contributed by atoms with Gasteiger partial charge in [-0.1, -0.05) is 41.9 Å². The predicted octanol–water partition coefficient (Wildman–Crippen LogP) is 3.41. The van der Waals surface area contributed by atoms with E-state index in [0.717, 1.165) is 5.56 Å². The summed E-state index contributed by atoms with van der Waals surface area (Å²) in [7, 11) is 1.62. The average molecular weight is 349 g/mol. The summed E-state index contributed by atoms with van der Waals surface area (Å²) in [6.45, 7) is 1.17. The molecule has 1 unspecified atom stereocenters. The van der Waals surface area contributed by atoms with Crippen LogP contribution in [-0.2, 0) is 4.74 Å². The number of ether oxygens (including phenoxy) is 2. The Morgan fingerprint density at radius 1 is 1.08 bits per heavy atom. The molecule has 2 N–H and O–H groups in total. The van der Waals surface area contributed by atoms with Gasteiger partial charge in [0.25, 0.3) is 0 Å². The van der Waals surface area contributed by atoms with E-state index in [1.165, 1.54) is 0 Å². The maximum atomic E-state index is 11.8. The minimum absolute atomic E-state index is 0.178. The van der Waals surface area contributed by atoms with E-state index in [-0.39, 0.29) is 12.1 Å². The van der Waals surface area contributed by atoms with Crippen LogP contribution in [0.25, 0.3) is 0 Å². The first-order valence-electron chi connectivity index (χ1n) is 7.67. The SMILES string of the molecule is COC(CNC(=O)NCCOc1ccc(Cl)cc1)c1ccccc1. The summed E-state index contributed by atoms with van der Waals surface area (Å²) in [5.74, 6) is 0.713. The molecule has 0 radical (unpaired) electrons. The van der Waals surface area contributed by atoms with Crippen LogP contribution in [0.5, 0.6) is 5.75 Å². The van der Waals surface area contributed by atoms with E-state index in [9.17, 15) is 4.79 Å². The predicted molar refractivity (Wildman–Crippen MR) is 94.5 cm³/mol. The zero-order chi connectivity index (χ0) is 17.2. The van der Waals surface area contributed by atoms with Crippen LogP contribution in [0.2, 0.25) is 5.02 Å². The number of methoxy groups -OCH3 is 1. The summed E-state index contributed by atoms with van der Waals surface area (Å²) in [5.41, 5.74) is 1.02. The molecule has 6 heteroatoms. The van der Waals surface area contributed by atoms with Gasteiger partial charge in [-0.15, -0.1) is 0 Å². The average Bonchev–Trinajstić information content (AvgIpc) is 2.62. The molecule has 0 fully saturated rings. The molecule has 0 heterocycles. The summed E-state index contributed by atoms with van der Waals surface area (Å²) in [4.78, 5) is 11.8. The number of rotatable bonds is 8. The van der Waals surface area contributed by atoms with Gasteiger partial charge in [-0.05, 0) is 29.8 Å². The molecule has 0 saturated heterocycles. The molecule has 24 heavy (non-hydrogen) atoms. The molecular formula is C18H21ClN2O3. The highest BCUT2D eigenvalue weighted by Crippen LogP contribution is 2.15. The van der Waals surface area contributed by atoms with Gasteiger partial charge in [0.1, 0.15) is 12.4 Å². The Balaban J connectivity index is 1.65. The topological polar surface area (TPSA) is 59.6 Å². The molecule has 128 valence electrons. The Morgan fingerprint density at radius 2 is 1.79 bits per heavy atom. The van der Waals surface area contributed by atoms with E-state index in [4.69, 9.17) is 21.1 Å². The number of amides is 2. The maximum Gasteiger partial charge on any atom is 0.315 e. The Hall–Kier alpha value is -2.24. The van der Waals surface area contributed by atoms with Crippen LogP contribution in [-0.4, -0.2) is 32.8 Å². The van der Waals surface area contributed by atoms with Crippen LogP contribution in [0.4, 0.5) is 4.79 Å². The van der Waals surface area contributed by atoms with E-state index in [2.05, 4.69) is 10.6 Å². The lowest BCUT2D eigenvalue weighted by atomic mass is 10.1. The van der Waals surface area contributed by atoms with Crippen molar-refractivity contribution < 1.29 is 14.3 Å². The lowest BCUT2D eigenvalue weighted by Gasteiger charge is -2.16. The van der Waals surface area contributed by atoms with Crippen molar-refractivity contribution in [2.75, 3.05) is 26.8 Å². The number of carbonyl (C=O) groups is 1. The number of carbonyl (C=O) groups excluding carboxylic acids is 1. The molecule has 1 atom stereocenters. The van der Waals surface area contributed by atoms with Crippen LogP contribution in [0.15, 0.2) is 54.6 Å². The van der Waals surface area contributed by atoms with Crippen LogP contribution in [0.3, 0.4) is 0 Å². The van der Waals surface area contributed by atoms with Crippen molar-refractivity contribution in [1.29, 1.82) is 0 Å². The summed E-state index contributed by atoms with van der Waals surface area (Å²) < 4.78 is 10.9. The Labute approximate surface area is 146 Å². The van der Waals surface area contributed by atoms with Crippen molar-refractivity contribution >= 4 is 17.6 Å². The van der Waals surface area contributed by atoms with Gasteiger partial charge in [-0.2, -0.15) is 0 Å². The highest BCUT2D eigenvalue weighted by molar-refractivity contribution is 6.30. The summed E-state index contributed by atoms with van der Waals surface area (Å²) in [6, 6.07) is 16.6. The van der Waals surface area contributed by atoms with Gasteiger partial charge in [0.2, 0.25) is 0 Å². The van der Waals surface area contributed by atoms with Crippen molar-refractivity contribution in [3.8, 4) is 5.75 Å². The number of urea groups is 1. The molecular weight excluding hydrogens is 328 g/mol. The zero-order valence-corrected chi connectivity index (χ0v) is 14.3. The second-order valence-electron chi connectivity index (χ2n) is 5.07. The highest BCUT2D eigenvalue weighted by Gasteiger charge is 2.11. The zero-order valence-electron chi connectivity index (χ0n) is 13.5. The maximum absolute atomic E-state index is 11.8. The fraction of sp³-hybridized carbons (Fsp3) is 0.278. The Kier molecular flexibility index (Phi) is 7.39. The Bertz CT molecular complexity index is 620. The van der Waals surface area contributed by atoms with Crippen LogP contribution < -0.4 is 15.4 Å². The number of halogens is 1. The van der Waals surface area contributed by atoms with Gasteiger partial charge in [-0.3, -0.25) is 0 Å². The summed E-state index contributed by atoms with van der Waals surface area (Å²) in [5, 5.41) is 6.19. The normalized spacial score (nSPS) is 11.6. The monoisotopic (exact) mass is 348 g/mol. The largest absolute Gasteiger partial charge is 0.492 e. The Morgan fingerprint density at radius 3 is 2.46 bits per heavy atom. The van der Waals surface area contributed by atoms with Crippen LogP contribution >= 0.6 is 11.6 Å². The van der Waals surface area contributed by atoms with Crippen molar-refractivity contribution in [3.63, 3.8) is 0 Å². The fourth-order valence-corrected chi connectivity index (χ4v) is 2.24. The minimum atomic E-state index is -0.257. The molecule has 0 saturated carbocycles. The van der Waals surface area contributed by atoms with Gasteiger partial charge in [-0.25, -0.2) is 4.79 Å². The van der Waals surface area contributed by atoms with E-state index >= 15 is 0 Å². The molecule has 0 aliphatic heterocycles. The third kappa shape index (κ3) is 6.10. The highest BCUT2D eigenvalue weighted by atomic mass is 35.5. The van der Waals surface area contributed by atoms with Gasteiger partial charge in [0.05, 0.1) is 12.6 Å². The summed E-state index contributed by atoms with van der Waals surface area (Å²) >= 11 is 5.80. The first-order valence-corrected chi connectivity index (χ1v) is 8.04. The lowest BCUT2D eigenvalue weighted by molar-refractivity contribution is 0.104. The third-order valence-corrected chi connectivity index (χ3v) is 3.63. The second-order valence-corrected chi connectivity index (χ2v) is 5.51. The molecule has 0 aliphatic carbocycles. The lowest BCUT2D eigenvalue weighted by Crippen LogP contribution is -2.39. The molecule has 2 rings (SSSR count). The number of hydrogen-bond donors (Lipinski definition) is 2. The number of nitrogens with one attached hydrogen (secondary N) is 2. The minimum Gasteiger partial charge on any atom is -0.492 e. The van der Waals surface area contributed by atoms with E-state index in [1.54, 1.807) is 31.4 Å². The van der Waals surface area contributed by atoms with E-state index in [0.29, 0.717) is 30.5 Å². The quantitative estimate of drug-likeness (QED) is 0.719. The second kappa shape index (κ2) is 9.80. The van der Waals surface area contributed by atoms with E-state index < -0.39 is 0 Å². The summed E-state index contributed by atoms with van der Waals surface area (Å²) in [6.07, 6.45) is -0.178.